The lowest BCUT2D eigenvalue weighted by molar-refractivity contribution is -0.125. The molecule has 4 aromatic rings. The molecule has 0 radical (unpaired) electrons. The van der Waals surface area contributed by atoms with Gasteiger partial charge in [0.1, 0.15) is 17.4 Å². The van der Waals surface area contributed by atoms with E-state index in [2.05, 4.69) is 5.32 Å². The van der Waals surface area contributed by atoms with Crippen LogP contribution in [0.5, 0.6) is 0 Å². The Hall–Kier alpha value is -3.89. The highest BCUT2D eigenvalue weighted by molar-refractivity contribution is 5.95. The maximum atomic E-state index is 14.7. The fourth-order valence-electron chi connectivity index (χ4n) is 5.80. The van der Waals surface area contributed by atoms with Gasteiger partial charge in [-0.15, -0.1) is 0 Å². The molecule has 1 aromatic carbocycles. The molecule has 8 nitrogen and oxygen atoms in total. The van der Waals surface area contributed by atoms with Gasteiger partial charge in [0.25, 0.3) is 5.92 Å². The van der Waals surface area contributed by atoms with E-state index >= 15 is 0 Å². The number of aromatic nitrogens is 4. The van der Waals surface area contributed by atoms with Crippen LogP contribution in [0, 0.1) is 17.7 Å². The maximum absolute atomic E-state index is 14.7. The summed E-state index contributed by atoms with van der Waals surface area (Å²) in [5.74, 6) is -6.71. The highest BCUT2D eigenvalue weighted by Gasteiger charge is 2.71. The number of rotatable bonds is 2. The number of carbonyl (C=O) groups is 2. The Morgan fingerprint density at radius 1 is 1.15 bits per heavy atom. The number of amides is 1. The lowest BCUT2D eigenvalue weighted by Crippen LogP contribution is -2.30. The zero-order chi connectivity index (χ0) is 27.6. The van der Waals surface area contributed by atoms with Gasteiger partial charge in [-0.1, -0.05) is 12.8 Å². The molecule has 6 rings (SSSR count). The van der Waals surface area contributed by atoms with Crippen LogP contribution in [-0.4, -0.2) is 44.0 Å². The number of nitrogens with zero attached hydrogens (tertiary/aromatic N) is 4. The van der Waals surface area contributed by atoms with Crippen LogP contribution in [0.4, 0.5) is 13.2 Å². The number of benzene rings is 1. The molecule has 39 heavy (non-hydrogen) atoms. The SMILES string of the molecule is COC(=O)c1cc2nc(-c3cc4ccc5nc4n3CCCCC[C@H]3[C@H](C(=O)N[C@@H]5C)C3(F)F)n(C)c2cc1F. The van der Waals surface area contributed by atoms with Crippen LogP contribution >= 0.6 is 0 Å². The van der Waals surface area contributed by atoms with Crippen molar-refractivity contribution in [3.8, 4) is 11.5 Å². The Balaban J connectivity index is 1.44. The molecule has 1 aliphatic carbocycles. The molecule has 0 saturated heterocycles. The van der Waals surface area contributed by atoms with Crippen molar-refractivity contribution in [2.24, 2.45) is 18.9 Å². The molecule has 0 unspecified atom stereocenters. The minimum Gasteiger partial charge on any atom is -0.465 e. The van der Waals surface area contributed by atoms with E-state index in [0.29, 0.717) is 54.0 Å². The van der Waals surface area contributed by atoms with Crippen molar-refractivity contribution in [3.63, 3.8) is 0 Å². The largest absolute Gasteiger partial charge is 0.465 e. The van der Waals surface area contributed by atoms with Crippen LogP contribution in [0.2, 0.25) is 0 Å². The van der Waals surface area contributed by atoms with Crippen LogP contribution in [-0.2, 0) is 23.1 Å². The predicted octanol–water partition coefficient (Wildman–Crippen LogP) is 5.15. The summed E-state index contributed by atoms with van der Waals surface area (Å²) in [6.45, 7) is 2.31. The van der Waals surface area contributed by atoms with Crippen molar-refractivity contribution < 1.29 is 27.5 Å². The third-order valence-electron chi connectivity index (χ3n) is 8.05. The number of halogens is 3. The second kappa shape index (κ2) is 9.10. The van der Waals surface area contributed by atoms with Crippen LogP contribution in [0.25, 0.3) is 33.6 Å². The number of hydrogen-bond donors (Lipinski definition) is 1. The molecule has 1 amide bonds. The number of methoxy groups -OCH3 is 1. The normalized spacial score (nSPS) is 22.9. The highest BCUT2D eigenvalue weighted by atomic mass is 19.3. The Kier molecular flexibility index (Phi) is 5.92. The number of alkyl halides is 2. The highest BCUT2D eigenvalue weighted by Crippen LogP contribution is 2.58. The molecular weight excluding hydrogens is 511 g/mol. The van der Waals surface area contributed by atoms with Crippen molar-refractivity contribution in [1.29, 1.82) is 0 Å². The summed E-state index contributed by atoms with van der Waals surface area (Å²) in [5.41, 5.74) is 2.77. The predicted molar refractivity (Wildman–Crippen MR) is 138 cm³/mol. The zero-order valence-corrected chi connectivity index (χ0v) is 21.8. The number of ether oxygens (including phenoxy) is 1. The number of imidazole rings is 1. The summed E-state index contributed by atoms with van der Waals surface area (Å²) in [6, 6.07) is 7.73. The molecule has 3 aromatic heterocycles. The first-order chi connectivity index (χ1) is 18.6. The molecule has 1 fully saturated rings. The summed E-state index contributed by atoms with van der Waals surface area (Å²) < 4.78 is 51.9. The van der Waals surface area contributed by atoms with E-state index in [4.69, 9.17) is 14.7 Å². The van der Waals surface area contributed by atoms with E-state index < -0.39 is 41.5 Å². The number of aryl methyl sites for hydroxylation is 2. The molecule has 2 bridgehead atoms. The molecule has 2 aliphatic rings. The quantitative estimate of drug-likeness (QED) is 0.356. The number of esters is 1. The number of carbonyl (C=O) groups excluding carboxylic acids is 2. The Morgan fingerprint density at radius 3 is 2.72 bits per heavy atom. The molecule has 3 atom stereocenters. The van der Waals surface area contributed by atoms with E-state index in [1.165, 1.54) is 19.2 Å². The van der Waals surface area contributed by atoms with Gasteiger partial charge in [0.15, 0.2) is 5.82 Å². The summed E-state index contributed by atoms with van der Waals surface area (Å²) >= 11 is 0. The first-order valence-electron chi connectivity index (χ1n) is 13.0. The van der Waals surface area contributed by atoms with Gasteiger partial charge >= 0.3 is 5.97 Å². The van der Waals surface area contributed by atoms with Crippen LogP contribution < -0.4 is 5.32 Å². The van der Waals surface area contributed by atoms with Gasteiger partial charge in [-0.2, -0.15) is 0 Å². The van der Waals surface area contributed by atoms with Gasteiger partial charge in [-0.3, -0.25) is 4.79 Å². The van der Waals surface area contributed by atoms with Gasteiger partial charge in [-0.05, 0) is 44.0 Å². The summed E-state index contributed by atoms with van der Waals surface area (Å²) in [5, 5.41) is 3.58. The molecule has 11 heteroatoms. The second-order valence-electron chi connectivity index (χ2n) is 10.5. The standard InChI is InChI=1S/C28H28F3N5O3/c1-14-19-9-8-15-11-22(25-34-20-12-16(27(38)39-3)18(29)13-21(20)35(25)2)36(24(15)33-19)10-6-4-5-7-17-23(26(37)32-14)28(17,30)31/h8-9,11-14,17,23H,4-7,10H2,1-3H3,(H,32,37)/t14-,17+,23-/m1/s1. The van der Waals surface area contributed by atoms with Crippen molar-refractivity contribution in [1.82, 2.24) is 24.4 Å². The van der Waals surface area contributed by atoms with Crippen LogP contribution in [0.3, 0.4) is 0 Å². The van der Waals surface area contributed by atoms with E-state index in [9.17, 15) is 22.8 Å². The van der Waals surface area contributed by atoms with E-state index in [1.54, 1.807) is 24.6 Å². The van der Waals surface area contributed by atoms with E-state index in [1.807, 2.05) is 16.7 Å². The number of fused-ring (bicyclic) bond motifs is 3. The second-order valence-corrected chi connectivity index (χ2v) is 10.5. The average Bonchev–Trinajstić information content (AvgIpc) is 3.14. The van der Waals surface area contributed by atoms with Crippen molar-refractivity contribution in [2.45, 2.75) is 51.1 Å². The fraction of sp³-hybridized carbons (Fsp3) is 0.429. The Bertz CT molecular complexity index is 1640. The molecular formula is C28H28F3N5O3. The first kappa shape index (κ1) is 25.4. The number of pyridine rings is 1. The van der Waals surface area contributed by atoms with Crippen LogP contribution in [0.15, 0.2) is 30.3 Å². The van der Waals surface area contributed by atoms with Crippen LogP contribution in [0.1, 0.15) is 54.7 Å². The van der Waals surface area contributed by atoms with Crippen molar-refractivity contribution >= 4 is 33.9 Å². The third kappa shape index (κ3) is 4.06. The van der Waals surface area contributed by atoms with Gasteiger partial charge in [0, 0.05) is 31.0 Å². The van der Waals surface area contributed by atoms with E-state index in [-0.39, 0.29) is 5.56 Å². The molecule has 1 aliphatic heterocycles. The maximum Gasteiger partial charge on any atom is 0.340 e. The van der Waals surface area contributed by atoms with Gasteiger partial charge < -0.3 is 19.2 Å². The Labute approximate surface area is 222 Å². The van der Waals surface area contributed by atoms with Crippen molar-refractivity contribution in [2.75, 3.05) is 7.11 Å². The summed E-state index contributed by atoms with van der Waals surface area (Å²) in [4.78, 5) is 34.2. The Morgan fingerprint density at radius 2 is 1.95 bits per heavy atom. The smallest absolute Gasteiger partial charge is 0.340 e. The first-order valence-corrected chi connectivity index (χ1v) is 13.0. The van der Waals surface area contributed by atoms with Gasteiger partial charge in [-0.25, -0.2) is 27.9 Å². The van der Waals surface area contributed by atoms with Gasteiger partial charge in [0.05, 0.1) is 41.1 Å². The monoisotopic (exact) mass is 539 g/mol. The summed E-state index contributed by atoms with van der Waals surface area (Å²) in [7, 11) is 2.97. The summed E-state index contributed by atoms with van der Waals surface area (Å²) in [6.07, 6.45) is 2.33. The topological polar surface area (TPSA) is 91.0 Å². The molecule has 4 heterocycles. The number of nitrogens with one attached hydrogen (secondary N) is 1. The lowest BCUT2D eigenvalue weighted by Gasteiger charge is -2.15. The lowest BCUT2D eigenvalue weighted by atomic mass is 10.1. The molecule has 204 valence electrons. The third-order valence-corrected chi connectivity index (χ3v) is 8.05. The van der Waals surface area contributed by atoms with Gasteiger partial charge in [0.2, 0.25) is 5.91 Å². The number of hydrogen-bond acceptors (Lipinski definition) is 5. The average molecular weight is 540 g/mol. The van der Waals surface area contributed by atoms with Crippen molar-refractivity contribution in [3.05, 3.63) is 47.4 Å². The van der Waals surface area contributed by atoms with E-state index in [0.717, 1.165) is 17.5 Å². The molecule has 1 saturated carbocycles. The minimum atomic E-state index is -2.97. The molecule has 0 spiro atoms. The zero-order valence-electron chi connectivity index (χ0n) is 21.8. The fourth-order valence-corrected chi connectivity index (χ4v) is 5.80. The minimum absolute atomic E-state index is 0.192. The molecule has 1 N–H and O–H groups in total.